The largest absolute Gasteiger partial charge is 0.573 e. The summed E-state index contributed by atoms with van der Waals surface area (Å²) in [6.07, 6.45) is -3.66. The lowest BCUT2D eigenvalue weighted by Crippen LogP contribution is -2.60. The number of alkyl halides is 3. The van der Waals surface area contributed by atoms with E-state index >= 15 is 0 Å². The molecule has 1 N–H and O–H groups in total. The van der Waals surface area contributed by atoms with Crippen molar-refractivity contribution in [2.45, 2.75) is 88.8 Å². The third-order valence-corrected chi connectivity index (χ3v) is 7.27. The lowest BCUT2D eigenvalue weighted by Gasteiger charge is -2.43. The summed E-state index contributed by atoms with van der Waals surface area (Å²) in [4.78, 5) is 13.7. The molecule has 2 aromatic rings. The quantitative estimate of drug-likeness (QED) is 0.436. The minimum atomic E-state index is -4.79. The molecule has 10 heteroatoms. The van der Waals surface area contributed by atoms with Crippen LogP contribution in [0.3, 0.4) is 0 Å². The van der Waals surface area contributed by atoms with E-state index in [1.165, 1.54) is 18.2 Å². The lowest BCUT2D eigenvalue weighted by atomic mass is 9.78. The smallest absolute Gasteiger partial charge is 0.406 e. The van der Waals surface area contributed by atoms with Gasteiger partial charge in [0.05, 0.1) is 25.4 Å². The van der Waals surface area contributed by atoms with Crippen molar-refractivity contribution in [3.05, 3.63) is 65.7 Å². The highest BCUT2D eigenvalue weighted by atomic mass is 19.4. The minimum Gasteiger partial charge on any atom is -0.406 e. The second-order valence-corrected chi connectivity index (χ2v) is 11.0. The number of benzene rings is 2. The molecule has 1 amide bonds. The zero-order valence-electron chi connectivity index (χ0n) is 22.0. The fourth-order valence-electron chi connectivity index (χ4n) is 5.26. The van der Waals surface area contributed by atoms with Gasteiger partial charge in [0.15, 0.2) is 11.4 Å². The topological polar surface area (TPSA) is 75.2 Å². The second-order valence-electron chi connectivity index (χ2n) is 11.0. The van der Waals surface area contributed by atoms with Crippen LogP contribution in [0.2, 0.25) is 0 Å². The van der Waals surface area contributed by atoms with Gasteiger partial charge in [0.2, 0.25) is 0 Å². The summed E-state index contributed by atoms with van der Waals surface area (Å²) in [6.45, 7) is 4.41. The number of carbonyl (C=O) groups is 1. The van der Waals surface area contributed by atoms with Crippen LogP contribution < -0.4 is 10.1 Å². The van der Waals surface area contributed by atoms with Crippen molar-refractivity contribution < 1.29 is 41.7 Å². The monoisotopic (exact) mass is 549 g/mol. The zero-order valence-corrected chi connectivity index (χ0v) is 22.0. The number of hydrogen-bond donors (Lipinski definition) is 1. The van der Waals surface area contributed by atoms with Crippen molar-refractivity contribution in [3.8, 4) is 5.75 Å². The summed E-state index contributed by atoms with van der Waals surface area (Å²) < 4.78 is 67.2. The second kappa shape index (κ2) is 11.1. The van der Waals surface area contributed by atoms with Crippen molar-refractivity contribution in [2.24, 2.45) is 5.92 Å². The molecule has 1 saturated heterocycles. The Balaban J connectivity index is 1.36. The molecular weight excluding hydrogens is 515 g/mol. The average Bonchev–Trinajstić information content (AvgIpc) is 3.65. The first kappa shape index (κ1) is 27.9. The fourth-order valence-corrected chi connectivity index (χ4v) is 5.26. The number of ether oxygens (including phenoxy) is 5. The maximum absolute atomic E-state index is 13.7. The molecule has 39 heavy (non-hydrogen) atoms. The van der Waals surface area contributed by atoms with Crippen molar-refractivity contribution in [1.82, 2.24) is 5.32 Å². The molecule has 2 aromatic carbocycles. The normalized spacial score (nSPS) is 28.1. The minimum absolute atomic E-state index is 0.00874. The summed E-state index contributed by atoms with van der Waals surface area (Å²) in [5.74, 6) is -0.949. The van der Waals surface area contributed by atoms with E-state index in [2.05, 4.69) is 10.1 Å². The molecule has 4 atom stereocenters. The first-order valence-electron chi connectivity index (χ1n) is 13.3. The summed E-state index contributed by atoms with van der Waals surface area (Å²) >= 11 is 0. The van der Waals surface area contributed by atoms with E-state index in [1.807, 2.05) is 30.3 Å². The third-order valence-electron chi connectivity index (χ3n) is 7.27. The fraction of sp³-hybridized carbons (Fsp3) is 0.552. The Morgan fingerprint density at radius 3 is 2.46 bits per heavy atom. The number of carbonyl (C=O) groups excluding carboxylic acids is 1. The molecule has 0 unspecified atom stereocenters. The molecule has 2 saturated carbocycles. The number of rotatable bonds is 10. The van der Waals surface area contributed by atoms with Crippen molar-refractivity contribution in [3.63, 3.8) is 0 Å². The van der Waals surface area contributed by atoms with Gasteiger partial charge in [-0.25, -0.2) is 0 Å². The number of amides is 1. The highest BCUT2D eigenvalue weighted by molar-refractivity contribution is 5.85. The number of fused-ring (bicyclic) bond motifs is 1. The molecule has 3 aliphatic rings. The number of halogens is 3. The van der Waals surface area contributed by atoms with E-state index in [1.54, 1.807) is 19.9 Å². The van der Waals surface area contributed by atoms with Crippen LogP contribution in [0.15, 0.2) is 54.6 Å². The van der Waals surface area contributed by atoms with Gasteiger partial charge in [-0.3, -0.25) is 4.79 Å². The van der Waals surface area contributed by atoms with Crippen molar-refractivity contribution >= 4 is 5.91 Å². The first-order valence-corrected chi connectivity index (χ1v) is 13.3. The van der Waals surface area contributed by atoms with E-state index in [4.69, 9.17) is 18.9 Å². The van der Waals surface area contributed by atoms with Gasteiger partial charge in [0, 0.05) is 19.4 Å². The Morgan fingerprint density at radius 1 is 1.00 bits per heavy atom. The summed E-state index contributed by atoms with van der Waals surface area (Å²) in [5, 5.41) is 3.08. The summed E-state index contributed by atoms with van der Waals surface area (Å²) in [7, 11) is 0. The van der Waals surface area contributed by atoms with E-state index in [-0.39, 0.29) is 31.3 Å². The van der Waals surface area contributed by atoms with E-state index in [9.17, 15) is 18.0 Å². The third kappa shape index (κ3) is 7.30. The Morgan fingerprint density at radius 2 is 1.74 bits per heavy atom. The van der Waals surface area contributed by atoms with Crippen molar-refractivity contribution in [2.75, 3.05) is 6.54 Å². The van der Waals surface area contributed by atoms with Gasteiger partial charge < -0.3 is 29.0 Å². The molecule has 3 fully saturated rings. The molecular formula is C29H34F3NO6. The molecule has 1 heterocycles. The van der Waals surface area contributed by atoms with E-state index in [0.29, 0.717) is 24.4 Å². The first-order chi connectivity index (χ1) is 18.5. The Hall–Kier alpha value is -2.66. The molecule has 5 rings (SSSR count). The van der Waals surface area contributed by atoms with Gasteiger partial charge in [-0.15, -0.1) is 13.2 Å². The van der Waals surface area contributed by atoms with Crippen LogP contribution in [0.5, 0.6) is 5.75 Å². The number of nitrogens with one attached hydrogen (secondary N) is 1. The summed E-state index contributed by atoms with van der Waals surface area (Å²) in [5.41, 5.74) is 0.185. The molecule has 212 valence electrons. The van der Waals surface area contributed by atoms with E-state index < -0.39 is 36.1 Å². The van der Waals surface area contributed by atoms with Crippen LogP contribution in [0.4, 0.5) is 13.2 Å². The SMILES string of the molecule is CC1(C)O[C@H]2[C@@H](OCc3cccc(OC(F)(F)F)c3)C[C@](OCc3ccccc3)(C(=O)NCC3CC3)C[C@H]2O1. The van der Waals surface area contributed by atoms with Crippen LogP contribution in [0.1, 0.15) is 50.7 Å². The van der Waals surface area contributed by atoms with Gasteiger partial charge in [0.1, 0.15) is 11.9 Å². The molecule has 7 nitrogen and oxygen atoms in total. The van der Waals surface area contributed by atoms with Crippen LogP contribution in [-0.4, -0.2) is 48.5 Å². The van der Waals surface area contributed by atoms with E-state index in [0.717, 1.165) is 18.4 Å². The molecule has 0 aromatic heterocycles. The van der Waals surface area contributed by atoms with Crippen LogP contribution in [-0.2, 0) is 37.0 Å². The van der Waals surface area contributed by atoms with Gasteiger partial charge >= 0.3 is 6.36 Å². The predicted molar refractivity (Wildman–Crippen MR) is 134 cm³/mol. The van der Waals surface area contributed by atoms with Crippen molar-refractivity contribution in [1.29, 1.82) is 0 Å². The molecule has 0 spiro atoms. The Kier molecular flexibility index (Phi) is 7.92. The maximum atomic E-state index is 13.7. The highest BCUT2D eigenvalue weighted by Crippen LogP contribution is 2.44. The molecule has 2 aliphatic carbocycles. The van der Waals surface area contributed by atoms with Crippen LogP contribution in [0, 0.1) is 5.92 Å². The summed E-state index contributed by atoms with van der Waals surface area (Å²) in [6, 6.07) is 15.2. The Labute approximate surface area is 225 Å². The Bertz CT molecular complexity index is 1140. The van der Waals surface area contributed by atoms with Crippen LogP contribution >= 0.6 is 0 Å². The van der Waals surface area contributed by atoms with Gasteiger partial charge in [-0.2, -0.15) is 0 Å². The maximum Gasteiger partial charge on any atom is 0.573 e. The van der Waals surface area contributed by atoms with Gasteiger partial charge in [-0.1, -0.05) is 42.5 Å². The zero-order chi connectivity index (χ0) is 27.7. The predicted octanol–water partition coefficient (Wildman–Crippen LogP) is 5.27. The van der Waals surface area contributed by atoms with Gasteiger partial charge in [0.25, 0.3) is 5.91 Å². The standard InChI is InChI=1S/C29H34F3NO6/c1-27(2)38-24-15-28(26(34)33-16-19-11-12-19,36-18-20-7-4-3-5-8-20)14-23(25(24)39-27)35-17-21-9-6-10-22(13-21)37-29(30,31)32/h3-10,13,19,23-25H,11-12,14-18H2,1-2H3,(H,33,34)/t23-,24+,25-,28+/m0/s1. The lowest BCUT2D eigenvalue weighted by molar-refractivity contribution is -0.274. The molecule has 0 radical (unpaired) electrons. The number of hydrogen-bond acceptors (Lipinski definition) is 6. The molecule has 1 aliphatic heterocycles. The van der Waals surface area contributed by atoms with Crippen LogP contribution in [0.25, 0.3) is 0 Å². The average molecular weight is 550 g/mol. The molecule has 0 bridgehead atoms. The highest BCUT2D eigenvalue weighted by Gasteiger charge is 2.58. The van der Waals surface area contributed by atoms with Gasteiger partial charge in [-0.05, 0) is 55.9 Å².